The molecule has 0 spiro atoms. The predicted octanol–water partition coefficient (Wildman–Crippen LogP) is 2.56. The summed E-state index contributed by atoms with van der Waals surface area (Å²) in [4.78, 5) is 5.55. The lowest BCUT2D eigenvalue weighted by Crippen LogP contribution is -2.07. The summed E-state index contributed by atoms with van der Waals surface area (Å²) >= 11 is 5.80. The van der Waals surface area contributed by atoms with E-state index in [1.807, 2.05) is 18.5 Å². The molecule has 0 amide bonds. The minimum absolute atomic E-state index is 0.701. The van der Waals surface area contributed by atoms with Crippen molar-refractivity contribution in [1.82, 2.24) is 9.55 Å². The number of imidazole rings is 1. The van der Waals surface area contributed by atoms with Crippen LogP contribution in [0.3, 0.4) is 0 Å². The molecule has 5 heteroatoms. The molecule has 0 saturated carbocycles. The molecule has 0 aromatic carbocycles. The minimum atomic E-state index is 0.701. The predicted molar refractivity (Wildman–Crippen MR) is 70.2 cm³/mol. The normalized spacial score (nSPS) is 10.8. The number of aromatic nitrogens is 2. The molecule has 0 N–H and O–H groups in total. The maximum absolute atomic E-state index is 5.41. The van der Waals surface area contributed by atoms with Gasteiger partial charge in [-0.05, 0) is 11.4 Å². The van der Waals surface area contributed by atoms with Crippen LogP contribution in [0.4, 0.5) is 0 Å². The molecule has 2 aromatic rings. The first-order valence-electron chi connectivity index (χ1n) is 5.15. The third kappa shape index (κ3) is 2.87. The van der Waals surface area contributed by atoms with Gasteiger partial charge < -0.3 is 9.30 Å². The van der Waals surface area contributed by atoms with Crippen molar-refractivity contribution in [1.29, 1.82) is 0 Å². The second-order valence-electron chi connectivity index (χ2n) is 3.26. The van der Waals surface area contributed by atoms with E-state index in [2.05, 4.69) is 33.6 Å². The molecule has 0 saturated heterocycles. The Labute approximate surface area is 104 Å². The monoisotopic (exact) mass is 254 g/mol. The van der Waals surface area contributed by atoms with Crippen LogP contribution in [0, 0.1) is 0 Å². The number of rotatable bonds is 6. The van der Waals surface area contributed by atoms with Gasteiger partial charge in [-0.25, -0.2) is 4.98 Å². The zero-order valence-electron chi connectivity index (χ0n) is 8.87. The number of nitrogens with zero attached hydrogens (tertiary/aromatic N) is 2. The van der Waals surface area contributed by atoms with Gasteiger partial charge in [0.25, 0.3) is 0 Å². The molecule has 0 fully saturated rings. The summed E-state index contributed by atoms with van der Waals surface area (Å²) in [6.07, 6.45) is 3.81. The average molecular weight is 254 g/mol. The van der Waals surface area contributed by atoms with Gasteiger partial charge in [-0.1, -0.05) is 6.07 Å². The van der Waals surface area contributed by atoms with Gasteiger partial charge in [-0.3, -0.25) is 0 Å². The van der Waals surface area contributed by atoms with Crippen molar-refractivity contribution < 1.29 is 4.74 Å². The van der Waals surface area contributed by atoms with Gasteiger partial charge in [-0.2, -0.15) is 12.6 Å². The maximum Gasteiger partial charge on any atom is 0.150 e. The largest absolute Gasteiger partial charge is 0.379 e. The second-order valence-corrected chi connectivity index (χ2v) is 4.65. The fourth-order valence-corrected chi connectivity index (χ4v) is 2.32. The topological polar surface area (TPSA) is 27.1 Å². The van der Waals surface area contributed by atoms with Crippen molar-refractivity contribution in [3.63, 3.8) is 0 Å². The van der Waals surface area contributed by atoms with Crippen LogP contribution in [0.25, 0.3) is 10.7 Å². The lowest BCUT2D eigenvalue weighted by Gasteiger charge is -2.06. The first kappa shape index (κ1) is 11.7. The van der Waals surface area contributed by atoms with E-state index in [4.69, 9.17) is 4.74 Å². The van der Waals surface area contributed by atoms with E-state index >= 15 is 0 Å². The fourth-order valence-electron chi connectivity index (χ4n) is 1.45. The van der Waals surface area contributed by atoms with Crippen LogP contribution in [-0.4, -0.2) is 28.5 Å². The molecule has 0 aliphatic carbocycles. The number of thiol groups is 1. The van der Waals surface area contributed by atoms with Gasteiger partial charge in [0.05, 0.1) is 18.1 Å². The molecular weight excluding hydrogens is 240 g/mol. The van der Waals surface area contributed by atoms with Crippen LogP contribution in [0.15, 0.2) is 29.9 Å². The Bertz CT molecular complexity index is 411. The van der Waals surface area contributed by atoms with E-state index in [1.165, 1.54) is 4.88 Å². The molecular formula is C11H14N2OS2. The number of ether oxygens (including phenoxy) is 1. The first-order valence-corrected chi connectivity index (χ1v) is 6.66. The zero-order chi connectivity index (χ0) is 11.2. The second kappa shape index (κ2) is 6.08. The molecule has 0 atom stereocenters. The van der Waals surface area contributed by atoms with Crippen molar-refractivity contribution >= 4 is 24.0 Å². The van der Waals surface area contributed by atoms with Gasteiger partial charge in [-0.15, -0.1) is 11.3 Å². The van der Waals surface area contributed by atoms with Gasteiger partial charge >= 0.3 is 0 Å². The summed E-state index contributed by atoms with van der Waals surface area (Å²) in [6.45, 7) is 2.24. The Hall–Kier alpha value is -0.780. The molecule has 2 heterocycles. The smallest absolute Gasteiger partial charge is 0.150 e. The lowest BCUT2D eigenvalue weighted by atomic mass is 10.4. The summed E-state index contributed by atoms with van der Waals surface area (Å²) in [5.41, 5.74) is 0. The average Bonchev–Trinajstić information content (AvgIpc) is 2.94. The summed E-state index contributed by atoms with van der Waals surface area (Å²) in [6, 6.07) is 4.12. The Morgan fingerprint density at radius 3 is 3.12 bits per heavy atom. The molecule has 0 unspecified atom stereocenters. The third-order valence-corrected chi connectivity index (χ3v) is 3.22. The van der Waals surface area contributed by atoms with E-state index in [0.29, 0.717) is 13.2 Å². The highest BCUT2D eigenvalue weighted by molar-refractivity contribution is 7.80. The lowest BCUT2D eigenvalue weighted by molar-refractivity contribution is 0.142. The van der Waals surface area contributed by atoms with Gasteiger partial charge in [0.2, 0.25) is 0 Å². The maximum atomic E-state index is 5.41. The molecule has 86 valence electrons. The molecule has 16 heavy (non-hydrogen) atoms. The summed E-state index contributed by atoms with van der Waals surface area (Å²) in [7, 11) is 0. The van der Waals surface area contributed by atoms with Crippen LogP contribution >= 0.6 is 24.0 Å². The van der Waals surface area contributed by atoms with Crippen molar-refractivity contribution in [3.8, 4) is 10.7 Å². The standard InChI is InChI=1S/C11H14N2OS2/c15-8-7-14-6-5-13-4-3-12-11(13)10-2-1-9-16-10/h1-4,9,15H,5-8H2. The van der Waals surface area contributed by atoms with Crippen molar-refractivity contribution in [3.05, 3.63) is 29.9 Å². The van der Waals surface area contributed by atoms with Gasteiger partial charge in [0.15, 0.2) is 0 Å². The van der Waals surface area contributed by atoms with Crippen LogP contribution < -0.4 is 0 Å². The SMILES string of the molecule is SCCOCCn1ccnc1-c1cccs1. The Kier molecular flexibility index (Phi) is 4.44. The van der Waals surface area contributed by atoms with Crippen molar-refractivity contribution in [2.24, 2.45) is 0 Å². The van der Waals surface area contributed by atoms with E-state index < -0.39 is 0 Å². The Morgan fingerprint density at radius 2 is 2.38 bits per heavy atom. The fraction of sp³-hybridized carbons (Fsp3) is 0.364. The summed E-state index contributed by atoms with van der Waals surface area (Å²) in [5, 5.41) is 2.06. The number of hydrogen-bond acceptors (Lipinski definition) is 4. The van der Waals surface area contributed by atoms with Crippen LogP contribution in [0.5, 0.6) is 0 Å². The highest BCUT2D eigenvalue weighted by Crippen LogP contribution is 2.22. The molecule has 0 aliphatic rings. The molecule has 2 rings (SSSR count). The molecule has 0 aliphatic heterocycles. The first-order chi connectivity index (χ1) is 7.92. The summed E-state index contributed by atoms with van der Waals surface area (Å²) in [5.74, 6) is 1.78. The van der Waals surface area contributed by atoms with E-state index in [9.17, 15) is 0 Å². The number of hydrogen-bond donors (Lipinski definition) is 1. The quantitative estimate of drug-likeness (QED) is 0.633. The third-order valence-electron chi connectivity index (χ3n) is 2.17. The van der Waals surface area contributed by atoms with Crippen LogP contribution in [0.1, 0.15) is 0 Å². The van der Waals surface area contributed by atoms with Crippen molar-refractivity contribution in [2.75, 3.05) is 19.0 Å². The van der Waals surface area contributed by atoms with E-state index in [1.54, 1.807) is 11.3 Å². The van der Waals surface area contributed by atoms with Crippen LogP contribution in [-0.2, 0) is 11.3 Å². The highest BCUT2D eigenvalue weighted by atomic mass is 32.1. The van der Waals surface area contributed by atoms with E-state index in [-0.39, 0.29) is 0 Å². The summed E-state index contributed by atoms with van der Waals surface area (Å²) < 4.78 is 7.52. The van der Waals surface area contributed by atoms with Crippen molar-refractivity contribution in [2.45, 2.75) is 6.54 Å². The van der Waals surface area contributed by atoms with E-state index in [0.717, 1.165) is 18.1 Å². The molecule has 2 aromatic heterocycles. The Balaban J connectivity index is 1.97. The van der Waals surface area contributed by atoms with Gasteiger partial charge in [0, 0.05) is 24.7 Å². The zero-order valence-corrected chi connectivity index (χ0v) is 10.6. The molecule has 3 nitrogen and oxygen atoms in total. The highest BCUT2D eigenvalue weighted by Gasteiger charge is 2.05. The van der Waals surface area contributed by atoms with Crippen LogP contribution in [0.2, 0.25) is 0 Å². The number of thiophene rings is 1. The minimum Gasteiger partial charge on any atom is -0.379 e. The Morgan fingerprint density at radius 1 is 1.44 bits per heavy atom. The molecule has 0 radical (unpaired) electrons. The molecule has 0 bridgehead atoms. The van der Waals surface area contributed by atoms with Gasteiger partial charge in [0.1, 0.15) is 5.82 Å².